The summed E-state index contributed by atoms with van der Waals surface area (Å²) < 4.78 is 11.8. The van der Waals surface area contributed by atoms with Gasteiger partial charge in [0.15, 0.2) is 0 Å². The fraction of sp³-hybridized carbons (Fsp3) is 1.00. The fourth-order valence-corrected chi connectivity index (χ4v) is 2.47. The smallest absolute Gasteiger partial charge is 0.0779 e. The lowest BCUT2D eigenvalue weighted by Crippen LogP contribution is -2.44. The second-order valence-corrected chi connectivity index (χ2v) is 5.35. The van der Waals surface area contributed by atoms with Crippen LogP contribution >= 0.6 is 0 Å². The van der Waals surface area contributed by atoms with Crippen LogP contribution in [-0.2, 0) is 9.47 Å². The van der Waals surface area contributed by atoms with Gasteiger partial charge >= 0.3 is 0 Å². The first-order valence-corrected chi connectivity index (χ1v) is 7.05. The third kappa shape index (κ3) is 4.94. The molecule has 0 aromatic heterocycles. The van der Waals surface area contributed by atoms with Crippen LogP contribution in [0.25, 0.3) is 0 Å². The molecule has 0 spiro atoms. The minimum Gasteiger partial charge on any atom is -0.381 e. The van der Waals surface area contributed by atoms with E-state index in [1.54, 1.807) is 0 Å². The molecule has 1 aliphatic rings. The number of nitrogens with one attached hydrogen (secondary N) is 1. The minimum absolute atomic E-state index is 0.0314. The summed E-state index contributed by atoms with van der Waals surface area (Å²) in [5, 5.41) is 3.40. The maximum Gasteiger partial charge on any atom is 0.0779 e. The van der Waals surface area contributed by atoms with Crippen molar-refractivity contribution in [3.8, 4) is 0 Å². The fourth-order valence-electron chi connectivity index (χ4n) is 2.47. The molecule has 3 heteroatoms. The molecule has 0 amide bonds. The molecule has 1 rings (SSSR count). The van der Waals surface area contributed by atoms with E-state index in [2.05, 4.69) is 26.1 Å². The average molecular weight is 243 g/mol. The number of methoxy groups -OCH3 is 1. The Morgan fingerprint density at radius 2 is 1.94 bits per heavy atom. The van der Waals surface area contributed by atoms with Gasteiger partial charge in [-0.05, 0) is 45.6 Å². The standard InChI is InChI=1S/C14H29NO2/c1-5-14(3,11-15-6-2)17-13-9-7-8-12(10-13)16-4/h12-13,15H,5-11H2,1-4H3. The Morgan fingerprint density at radius 3 is 2.53 bits per heavy atom. The van der Waals surface area contributed by atoms with Crippen molar-refractivity contribution in [2.75, 3.05) is 20.2 Å². The van der Waals surface area contributed by atoms with Crippen LogP contribution in [0.5, 0.6) is 0 Å². The van der Waals surface area contributed by atoms with Crippen LogP contribution in [0.4, 0.5) is 0 Å². The normalized spacial score (nSPS) is 28.9. The van der Waals surface area contributed by atoms with Crippen LogP contribution < -0.4 is 5.32 Å². The molecule has 1 saturated carbocycles. The van der Waals surface area contributed by atoms with Crippen molar-refractivity contribution in [3.63, 3.8) is 0 Å². The van der Waals surface area contributed by atoms with Gasteiger partial charge in [0, 0.05) is 13.7 Å². The Hall–Kier alpha value is -0.120. The molecule has 0 radical (unpaired) electrons. The summed E-state index contributed by atoms with van der Waals surface area (Å²) in [4.78, 5) is 0. The van der Waals surface area contributed by atoms with Gasteiger partial charge < -0.3 is 14.8 Å². The van der Waals surface area contributed by atoms with Gasteiger partial charge in [0.05, 0.1) is 17.8 Å². The van der Waals surface area contributed by atoms with Gasteiger partial charge in [0.25, 0.3) is 0 Å². The number of hydrogen-bond acceptors (Lipinski definition) is 3. The molecule has 0 aliphatic heterocycles. The predicted molar refractivity (Wildman–Crippen MR) is 71.4 cm³/mol. The first-order valence-electron chi connectivity index (χ1n) is 7.05. The van der Waals surface area contributed by atoms with Crippen molar-refractivity contribution in [2.24, 2.45) is 0 Å². The second kappa shape index (κ2) is 7.34. The summed E-state index contributed by atoms with van der Waals surface area (Å²) in [6.45, 7) is 8.50. The van der Waals surface area contributed by atoms with Crippen molar-refractivity contribution in [1.82, 2.24) is 5.32 Å². The predicted octanol–water partition coefficient (Wildman–Crippen LogP) is 2.74. The van der Waals surface area contributed by atoms with E-state index in [1.165, 1.54) is 19.3 Å². The molecule has 0 saturated heterocycles. The van der Waals surface area contributed by atoms with Gasteiger partial charge in [-0.15, -0.1) is 0 Å². The second-order valence-electron chi connectivity index (χ2n) is 5.35. The monoisotopic (exact) mass is 243 g/mol. The van der Waals surface area contributed by atoms with Crippen LogP contribution in [0.3, 0.4) is 0 Å². The number of hydrogen-bond donors (Lipinski definition) is 1. The molecule has 3 unspecified atom stereocenters. The maximum atomic E-state index is 6.32. The van der Waals surface area contributed by atoms with E-state index in [1.807, 2.05) is 7.11 Å². The van der Waals surface area contributed by atoms with Gasteiger partial charge in [-0.1, -0.05) is 13.8 Å². The van der Waals surface area contributed by atoms with E-state index in [0.29, 0.717) is 12.2 Å². The molecular weight excluding hydrogens is 214 g/mol. The lowest BCUT2D eigenvalue weighted by Gasteiger charge is -2.37. The van der Waals surface area contributed by atoms with E-state index < -0.39 is 0 Å². The largest absolute Gasteiger partial charge is 0.381 e. The summed E-state index contributed by atoms with van der Waals surface area (Å²) in [5.41, 5.74) is -0.0314. The highest BCUT2D eigenvalue weighted by atomic mass is 16.5. The number of ether oxygens (including phenoxy) is 2. The van der Waals surface area contributed by atoms with E-state index >= 15 is 0 Å². The number of likely N-dealkylation sites (N-methyl/N-ethyl adjacent to an activating group) is 1. The summed E-state index contributed by atoms with van der Waals surface area (Å²) in [7, 11) is 1.81. The molecule has 1 N–H and O–H groups in total. The van der Waals surface area contributed by atoms with E-state index in [0.717, 1.165) is 25.9 Å². The van der Waals surface area contributed by atoms with Crippen LogP contribution in [0.2, 0.25) is 0 Å². The minimum atomic E-state index is -0.0314. The molecule has 102 valence electrons. The highest BCUT2D eigenvalue weighted by Gasteiger charge is 2.30. The SMILES string of the molecule is CCNCC(C)(CC)OC1CCCC(OC)C1. The summed E-state index contributed by atoms with van der Waals surface area (Å²) in [6, 6.07) is 0. The highest BCUT2D eigenvalue weighted by molar-refractivity contribution is 4.81. The first-order chi connectivity index (χ1) is 8.13. The van der Waals surface area contributed by atoms with Crippen LogP contribution in [0.15, 0.2) is 0 Å². The third-order valence-electron chi connectivity index (χ3n) is 3.86. The van der Waals surface area contributed by atoms with Crippen molar-refractivity contribution >= 4 is 0 Å². The maximum absolute atomic E-state index is 6.32. The molecule has 0 aromatic carbocycles. The van der Waals surface area contributed by atoms with E-state index in [-0.39, 0.29) is 5.60 Å². The molecule has 0 bridgehead atoms. The van der Waals surface area contributed by atoms with Crippen molar-refractivity contribution in [1.29, 1.82) is 0 Å². The molecule has 17 heavy (non-hydrogen) atoms. The van der Waals surface area contributed by atoms with Crippen LogP contribution in [0, 0.1) is 0 Å². The zero-order chi connectivity index (χ0) is 12.7. The Balaban J connectivity index is 2.43. The van der Waals surface area contributed by atoms with Gasteiger partial charge in [-0.25, -0.2) is 0 Å². The Labute approximate surface area is 106 Å². The molecule has 0 heterocycles. The van der Waals surface area contributed by atoms with E-state index in [9.17, 15) is 0 Å². The average Bonchev–Trinajstić information content (AvgIpc) is 2.36. The quantitative estimate of drug-likeness (QED) is 0.746. The van der Waals surface area contributed by atoms with Gasteiger partial charge in [-0.3, -0.25) is 0 Å². The lowest BCUT2D eigenvalue weighted by atomic mass is 9.93. The Bertz CT molecular complexity index is 210. The van der Waals surface area contributed by atoms with E-state index in [4.69, 9.17) is 9.47 Å². The molecule has 0 aromatic rings. The Kier molecular flexibility index (Phi) is 6.45. The van der Waals surface area contributed by atoms with Crippen molar-refractivity contribution in [2.45, 2.75) is 70.7 Å². The molecule has 3 nitrogen and oxygen atoms in total. The van der Waals surface area contributed by atoms with Gasteiger partial charge in [0.2, 0.25) is 0 Å². The zero-order valence-electron chi connectivity index (χ0n) is 11.9. The summed E-state index contributed by atoms with van der Waals surface area (Å²) in [5.74, 6) is 0. The zero-order valence-corrected chi connectivity index (χ0v) is 11.9. The van der Waals surface area contributed by atoms with Crippen LogP contribution in [-0.4, -0.2) is 38.0 Å². The highest BCUT2D eigenvalue weighted by Crippen LogP contribution is 2.28. The molecule has 1 aliphatic carbocycles. The first kappa shape index (κ1) is 14.9. The Morgan fingerprint density at radius 1 is 1.24 bits per heavy atom. The summed E-state index contributed by atoms with van der Waals surface area (Å²) >= 11 is 0. The topological polar surface area (TPSA) is 30.5 Å². The number of rotatable bonds is 7. The molecule has 3 atom stereocenters. The lowest BCUT2D eigenvalue weighted by molar-refractivity contribution is -0.114. The molecule has 1 fully saturated rings. The molecular formula is C14H29NO2. The third-order valence-corrected chi connectivity index (χ3v) is 3.86. The van der Waals surface area contributed by atoms with Gasteiger partial charge in [0.1, 0.15) is 0 Å². The van der Waals surface area contributed by atoms with Crippen LogP contribution in [0.1, 0.15) is 52.9 Å². The van der Waals surface area contributed by atoms with Crippen molar-refractivity contribution in [3.05, 3.63) is 0 Å². The summed E-state index contributed by atoms with van der Waals surface area (Å²) in [6.07, 6.45) is 6.47. The van der Waals surface area contributed by atoms with Crippen molar-refractivity contribution < 1.29 is 9.47 Å². The van der Waals surface area contributed by atoms with Gasteiger partial charge in [-0.2, -0.15) is 0 Å².